The molecule has 4 heteroatoms. The molecule has 80 valence electrons. The zero-order valence-electron chi connectivity index (χ0n) is 16.3. The van der Waals surface area contributed by atoms with E-state index < -0.39 is 50.3 Å². The van der Waals surface area contributed by atoms with Crippen LogP contribution in [0.4, 0.5) is 0 Å². The smallest absolute Gasteiger partial charge is 0.109 e. The number of hydrogen-bond donors (Lipinski definition) is 1. The maximum Gasteiger partial charge on any atom is 0.109 e. The molecule has 0 saturated carbocycles. The number of halogens is 1. The average Bonchev–Trinajstić information content (AvgIpc) is 2.49. The lowest BCUT2D eigenvalue weighted by molar-refractivity contribution is -0.873. The van der Waals surface area contributed by atoms with Crippen molar-refractivity contribution in [2.45, 2.75) is 31.7 Å². The molecular formula is C9H20ClNO2. The minimum absolute atomic E-state index is 0. The fourth-order valence-corrected chi connectivity index (χ4v) is 1.33. The molecule has 1 aliphatic rings. The van der Waals surface area contributed by atoms with Gasteiger partial charge in [-0.25, -0.2) is 0 Å². The summed E-state index contributed by atoms with van der Waals surface area (Å²) in [6.45, 7) is -9.03. The summed E-state index contributed by atoms with van der Waals surface area (Å²) in [7, 11) is 0. The Balaban J connectivity index is 0.00000441. The third-order valence-electron chi connectivity index (χ3n) is 1.93. The van der Waals surface area contributed by atoms with Gasteiger partial charge in [-0.15, -0.1) is 0 Å². The first-order valence-corrected chi connectivity index (χ1v) is 3.85. The van der Waals surface area contributed by atoms with Crippen LogP contribution in [0.1, 0.15) is 25.7 Å². The van der Waals surface area contributed by atoms with Crippen molar-refractivity contribution in [3.05, 3.63) is 0 Å². The summed E-state index contributed by atoms with van der Waals surface area (Å²) < 4.78 is 70.6. The molecule has 0 aromatic rings. The topological polar surface area (TPSA) is 29.5 Å². The first kappa shape index (κ1) is 4.35. The highest BCUT2D eigenvalue weighted by atomic mass is 35.5. The summed E-state index contributed by atoms with van der Waals surface area (Å²) in [5.41, 5.74) is 0. The normalized spacial score (nSPS) is 47.5. The maximum absolute atomic E-state index is 9.62. The van der Waals surface area contributed by atoms with Crippen LogP contribution in [0.25, 0.3) is 0 Å². The highest BCUT2D eigenvalue weighted by molar-refractivity contribution is 4.78. The SMILES string of the molecule is [2H]C([2H])([2H])[N+](C[C@H]1C[C@@H](O)[C@@H](C)O1)(C([2H])([2H])[2H])C([2H])([2H])[2H].[Cl-]. The number of aliphatic hydroxyl groups excluding tert-OH is 1. The summed E-state index contributed by atoms with van der Waals surface area (Å²) in [6, 6.07) is 0. The second kappa shape index (κ2) is 4.60. The van der Waals surface area contributed by atoms with Gasteiger partial charge in [0.1, 0.15) is 12.6 Å². The average molecular weight is 219 g/mol. The van der Waals surface area contributed by atoms with Crippen molar-refractivity contribution < 1.29 is 39.1 Å². The molecule has 0 amide bonds. The van der Waals surface area contributed by atoms with Crippen LogP contribution in [0.5, 0.6) is 0 Å². The second-order valence-electron chi connectivity index (χ2n) is 3.26. The van der Waals surface area contributed by atoms with Crippen molar-refractivity contribution in [1.82, 2.24) is 0 Å². The number of aliphatic hydroxyl groups is 1. The first-order chi connectivity index (χ1) is 9.13. The molecule has 0 aromatic carbocycles. The molecule has 0 bridgehead atoms. The lowest BCUT2D eigenvalue weighted by Gasteiger charge is -2.26. The molecule has 3 atom stereocenters. The van der Waals surface area contributed by atoms with Crippen LogP contribution in [0, 0.1) is 0 Å². The number of nitrogens with zero attached hydrogens (tertiary/aromatic N) is 1. The molecule has 0 spiro atoms. The Kier molecular flexibility index (Phi) is 1.54. The Morgan fingerprint density at radius 3 is 2.54 bits per heavy atom. The van der Waals surface area contributed by atoms with Gasteiger partial charge in [0.15, 0.2) is 0 Å². The Bertz CT molecular complexity index is 335. The molecule has 0 radical (unpaired) electrons. The highest BCUT2D eigenvalue weighted by Crippen LogP contribution is 2.21. The second-order valence-corrected chi connectivity index (χ2v) is 3.26. The van der Waals surface area contributed by atoms with E-state index in [4.69, 9.17) is 17.1 Å². The molecule has 0 aromatic heterocycles. The van der Waals surface area contributed by atoms with Gasteiger partial charge in [-0.05, 0) is 6.92 Å². The van der Waals surface area contributed by atoms with Gasteiger partial charge < -0.3 is 26.7 Å². The van der Waals surface area contributed by atoms with Crippen LogP contribution in [-0.4, -0.2) is 55.4 Å². The van der Waals surface area contributed by atoms with Crippen LogP contribution < -0.4 is 12.4 Å². The third kappa shape index (κ3) is 4.27. The first-order valence-electron chi connectivity index (χ1n) is 8.35. The zero-order valence-corrected chi connectivity index (χ0v) is 8.08. The van der Waals surface area contributed by atoms with E-state index in [0.717, 1.165) is 0 Å². The Morgan fingerprint density at radius 1 is 1.54 bits per heavy atom. The molecule has 1 heterocycles. The number of quaternary nitrogens is 1. The predicted molar refractivity (Wildman–Crippen MR) is 47.9 cm³/mol. The maximum atomic E-state index is 9.62. The van der Waals surface area contributed by atoms with Crippen molar-refractivity contribution >= 4 is 0 Å². The lowest BCUT2D eigenvalue weighted by Crippen LogP contribution is -3.00. The van der Waals surface area contributed by atoms with E-state index in [0.29, 0.717) is 0 Å². The van der Waals surface area contributed by atoms with E-state index in [1.807, 2.05) is 0 Å². The largest absolute Gasteiger partial charge is 1.00 e. The molecule has 1 aliphatic heterocycles. The predicted octanol–water partition coefficient (Wildman–Crippen LogP) is -2.77. The summed E-state index contributed by atoms with van der Waals surface area (Å²) in [5.74, 6) is 0. The number of rotatable bonds is 2. The molecule has 13 heavy (non-hydrogen) atoms. The lowest BCUT2D eigenvalue weighted by atomic mass is 10.1. The molecule has 3 nitrogen and oxygen atoms in total. The Morgan fingerprint density at radius 2 is 2.15 bits per heavy atom. The highest BCUT2D eigenvalue weighted by Gasteiger charge is 2.33. The monoisotopic (exact) mass is 218 g/mol. The summed E-state index contributed by atoms with van der Waals surface area (Å²) in [5, 5.41) is 9.62. The van der Waals surface area contributed by atoms with E-state index in [1.165, 1.54) is 0 Å². The van der Waals surface area contributed by atoms with Crippen molar-refractivity contribution in [1.29, 1.82) is 0 Å². The van der Waals surface area contributed by atoms with Gasteiger partial charge in [0, 0.05) is 6.42 Å². The van der Waals surface area contributed by atoms with Crippen LogP contribution in [0.15, 0.2) is 0 Å². The molecule has 1 fully saturated rings. The van der Waals surface area contributed by atoms with Gasteiger partial charge in [-0.3, -0.25) is 0 Å². The Labute approximate surface area is 99.3 Å². The Hall–Kier alpha value is 0.170. The van der Waals surface area contributed by atoms with Crippen LogP contribution in [0.2, 0.25) is 0 Å². The quantitative estimate of drug-likeness (QED) is 0.509. The molecule has 0 unspecified atom stereocenters. The van der Waals surface area contributed by atoms with Crippen LogP contribution >= 0.6 is 0 Å². The van der Waals surface area contributed by atoms with Crippen molar-refractivity contribution in [3.8, 4) is 0 Å². The molecule has 0 aliphatic carbocycles. The van der Waals surface area contributed by atoms with Crippen molar-refractivity contribution in [2.75, 3.05) is 27.5 Å². The molecule has 1 rings (SSSR count). The summed E-state index contributed by atoms with van der Waals surface area (Å²) in [4.78, 5) is 0. The van der Waals surface area contributed by atoms with Gasteiger partial charge in [-0.1, -0.05) is 0 Å². The van der Waals surface area contributed by atoms with E-state index in [-0.39, 0.29) is 18.8 Å². The van der Waals surface area contributed by atoms with Gasteiger partial charge in [0.2, 0.25) is 0 Å². The van der Waals surface area contributed by atoms with Gasteiger partial charge in [0.05, 0.1) is 45.5 Å². The standard InChI is InChI=1S/C9H20NO2.ClH/c1-7-9(11)5-8(12-7)6-10(2,3)4;/h7-9,11H,5-6H2,1-4H3;1H/q+1;/p-1/t7-,8-,9-;/m1./s1/i2D3,3D3,4D3;. The molecule has 1 saturated heterocycles. The third-order valence-corrected chi connectivity index (χ3v) is 1.93. The van der Waals surface area contributed by atoms with Gasteiger partial charge >= 0.3 is 0 Å². The number of hydrogen-bond acceptors (Lipinski definition) is 2. The molecular weight excluding hydrogens is 190 g/mol. The van der Waals surface area contributed by atoms with E-state index >= 15 is 0 Å². The summed E-state index contributed by atoms with van der Waals surface area (Å²) >= 11 is 0. The number of ether oxygens (including phenoxy) is 1. The van der Waals surface area contributed by atoms with Gasteiger partial charge in [0.25, 0.3) is 0 Å². The number of likely N-dealkylation sites (N-methyl/N-ethyl adjacent to an activating group) is 1. The van der Waals surface area contributed by atoms with Crippen molar-refractivity contribution in [3.63, 3.8) is 0 Å². The van der Waals surface area contributed by atoms with Crippen molar-refractivity contribution in [2.24, 2.45) is 0 Å². The van der Waals surface area contributed by atoms with Gasteiger partial charge in [-0.2, -0.15) is 0 Å². The minimum atomic E-state index is -3.28. The zero-order chi connectivity index (χ0) is 16.9. The fraction of sp³-hybridized carbons (Fsp3) is 1.00. The fourth-order valence-electron chi connectivity index (χ4n) is 1.33. The molecule has 1 N–H and O–H groups in total. The minimum Gasteiger partial charge on any atom is -1.00 e. The van der Waals surface area contributed by atoms with Crippen LogP contribution in [-0.2, 0) is 4.74 Å². The van der Waals surface area contributed by atoms with E-state index in [9.17, 15) is 5.11 Å². The van der Waals surface area contributed by atoms with Crippen LogP contribution in [0.3, 0.4) is 0 Å². The van der Waals surface area contributed by atoms with E-state index in [1.54, 1.807) is 6.92 Å². The summed E-state index contributed by atoms with van der Waals surface area (Å²) in [6.07, 6.45) is -2.41. The van der Waals surface area contributed by atoms with E-state index in [2.05, 4.69) is 0 Å².